The highest BCUT2D eigenvalue weighted by atomic mass is 79.9. The third-order valence-corrected chi connectivity index (χ3v) is 4.39. The summed E-state index contributed by atoms with van der Waals surface area (Å²) in [4.78, 5) is 13.1. The molecule has 5 heteroatoms. The van der Waals surface area contributed by atoms with E-state index in [0.29, 0.717) is 12.3 Å². The highest BCUT2D eigenvalue weighted by Gasteiger charge is 2.11. The molecule has 3 rings (SSSR count). The highest BCUT2D eigenvalue weighted by Crippen LogP contribution is 2.21. The molecule has 1 aromatic carbocycles. The molecule has 3 nitrogen and oxygen atoms in total. The first-order valence-corrected chi connectivity index (χ1v) is 7.39. The number of benzene rings is 1. The predicted molar refractivity (Wildman–Crippen MR) is 79.4 cm³/mol. The summed E-state index contributed by atoms with van der Waals surface area (Å²) < 4.78 is 6.54. The lowest BCUT2D eigenvalue weighted by Crippen LogP contribution is -2.21. The molecule has 0 bridgehead atoms. The van der Waals surface area contributed by atoms with Gasteiger partial charge in [0, 0.05) is 20.1 Å². The number of halogens is 1. The zero-order valence-corrected chi connectivity index (χ0v) is 12.3. The van der Waals surface area contributed by atoms with E-state index in [4.69, 9.17) is 4.42 Å². The van der Waals surface area contributed by atoms with E-state index in [2.05, 4.69) is 21.2 Å². The van der Waals surface area contributed by atoms with Crippen molar-refractivity contribution in [2.24, 2.45) is 0 Å². The van der Waals surface area contributed by atoms with E-state index < -0.39 is 0 Å². The summed E-state index contributed by atoms with van der Waals surface area (Å²) in [6.45, 7) is 0.506. The van der Waals surface area contributed by atoms with Gasteiger partial charge < -0.3 is 9.73 Å². The molecule has 1 N–H and O–H groups in total. The molecule has 0 spiro atoms. The minimum absolute atomic E-state index is 0.194. The summed E-state index contributed by atoms with van der Waals surface area (Å²) in [6, 6.07) is 11.3. The minimum atomic E-state index is -0.194. The van der Waals surface area contributed by atoms with E-state index in [1.165, 1.54) is 0 Å². The van der Waals surface area contributed by atoms with Gasteiger partial charge >= 0.3 is 0 Å². The maximum Gasteiger partial charge on any atom is 0.287 e. The van der Waals surface area contributed by atoms with Crippen molar-refractivity contribution in [1.29, 1.82) is 0 Å². The molecule has 3 aromatic rings. The van der Waals surface area contributed by atoms with Crippen molar-refractivity contribution in [1.82, 2.24) is 5.32 Å². The van der Waals surface area contributed by atoms with E-state index in [1.807, 2.05) is 35.7 Å². The minimum Gasteiger partial charge on any atom is -0.451 e. The Hall–Kier alpha value is -1.59. The average molecular weight is 336 g/mol. The predicted octanol–water partition coefficient (Wildman–Crippen LogP) is 4.19. The number of carbonyl (C=O) groups is 1. The molecule has 0 fully saturated rings. The van der Waals surface area contributed by atoms with Crippen LogP contribution in [0.1, 0.15) is 15.4 Å². The molecule has 0 atom stereocenters. The third-order valence-electron chi connectivity index (χ3n) is 2.69. The number of fused-ring (bicyclic) bond motifs is 1. The van der Waals surface area contributed by atoms with Crippen molar-refractivity contribution in [2.75, 3.05) is 0 Å². The quantitative estimate of drug-likeness (QED) is 0.779. The number of amides is 1. The fourth-order valence-electron chi connectivity index (χ4n) is 1.79. The standard InChI is InChI=1S/C14H10BrNO2S/c15-10-6-11(19-8-10)7-16-14(17)13-5-9-3-1-2-4-12(9)18-13/h1-6,8H,7H2,(H,16,17). The van der Waals surface area contributed by atoms with Gasteiger partial charge in [-0.1, -0.05) is 18.2 Å². The maximum absolute atomic E-state index is 12.0. The number of rotatable bonds is 3. The van der Waals surface area contributed by atoms with Crippen molar-refractivity contribution in [3.05, 3.63) is 56.9 Å². The SMILES string of the molecule is O=C(NCc1cc(Br)cs1)c1cc2ccccc2o1. The molecule has 0 unspecified atom stereocenters. The summed E-state index contributed by atoms with van der Waals surface area (Å²) in [5.41, 5.74) is 0.728. The summed E-state index contributed by atoms with van der Waals surface area (Å²) >= 11 is 4.99. The van der Waals surface area contributed by atoms with Crippen LogP contribution in [-0.2, 0) is 6.54 Å². The monoisotopic (exact) mass is 335 g/mol. The van der Waals surface area contributed by atoms with Gasteiger partial charge in [-0.15, -0.1) is 11.3 Å². The second-order valence-corrected chi connectivity index (χ2v) is 5.97. The van der Waals surface area contributed by atoms with Crippen LogP contribution < -0.4 is 5.32 Å². The average Bonchev–Trinajstić information content (AvgIpc) is 3.01. The lowest BCUT2D eigenvalue weighted by atomic mass is 10.2. The van der Waals surface area contributed by atoms with E-state index in [1.54, 1.807) is 17.4 Å². The van der Waals surface area contributed by atoms with Crippen LogP contribution in [0.5, 0.6) is 0 Å². The van der Waals surface area contributed by atoms with Crippen LogP contribution in [0.25, 0.3) is 11.0 Å². The summed E-state index contributed by atoms with van der Waals surface area (Å²) in [6.07, 6.45) is 0. The fourth-order valence-corrected chi connectivity index (χ4v) is 3.19. The molecule has 0 aliphatic rings. The number of furan rings is 1. The van der Waals surface area contributed by atoms with Gasteiger partial charge in [0.1, 0.15) is 5.58 Å². The zero-order chi connectivity index (χ0) is 13.2. The number of para-hydroxylation sites is 1. The maximum atomic E-state index is 12.0. The molecule has 19 heavy (non-hydrogen) atoms. The lowest BCUT2D eigenvalue weighted by molar-refractivity contribution is 0.0926. The van der Waals surface area contributed by atoms with E-state index >= 15 is 0 Å². The first-order chi connectivity index (χ1) is 9.22. The van der Waals surface area contributed by atoms with Crippen molar-refractivity contribution in [2.45, 2.75) is 6.54 Å². The fraction of sp³-hybridized carbons (Fsp3) is 0.0714. The Kier molecular flexibility index (Phi) is 3.40. The molecule has 0 saturated carbocycles. The highest BCUT2D eigenvalue weighted by molar-refractivity contribution is 9.10. The zero-order valence-electron chi connectivity index (χ0n) is 9.85. The molecule has 0 saturated heterocycles. The largest absolute Gasteiger partial charge is 0.451 e. The Bertz CT molecular complexity index is 699. The van der Waals surface area contributed by atoms with Gasteiger partial charge in [0.25, 0.3) is 5.91 Å². The lowest BCUT2D eigenvalue weighted by Gasteiger charge is -1.99. The number of hydrogen-bond acceptors (Lipinski definition) is 3. The number of hydrogen-bond donors (Lipinski definition) is 1. The van der Waals surface area contributed by atoms with E-state index in [9.17, 15) is 4.79 Å². The topological polar surface area (TPSA) is 42.2 Å². The summed E-state index contributed by atoms with van der Waals surface area (Å²) in [5.74, 6) is 0.151. The van der Waals surface area contributed by atoms with Gasteiger partial charge in [-0.25, -0.2) is 0 Å². The molecule has 1 amide bonds. The smallest absolute Gasteiger partial charge is 0.287 e. The molecule has 0 aliphatic heterocycles. The van der Waals surface area contributed by atoms with Crippen molar-refractivity contribution < 1.29 is 9.21 Å². The van der Waals surface area contributed by atoms with E-state index in [0.717, 1.165) is 20.3 Å². The van der Waals surface area contributed by atoms with Gasteiger partial charge in [-0.3, -0.25) is 4.79 Å². The first-order valence-electron chi connectivity index (χ1n) is 5.72. The third kappa shape index (κ3) is 2.72. The van der Waals surface area contributed by atoms with Gasteiger partial charge in [-0.05, 0) is 34.1 Å². The van der Waals surface area contributed by atoms with Crippen LogP contribution >= 0.6 is 27.3 Å². The van der Waals surface area contributed by atoms with Crippen LogP contribution in [0.4, 0.5) is 0 Å². The second-order valence-electron chi connectivity index (χ2n) is 4.06. The van der Waals surface area contributed by atoms with Crippen molar-refractivity contribution in [3.8, 4) is 0 Å². The molecule has 2 aromatic heterocycles. The Morgan fingerprint density at radius 3 is 2.89 bits per heavy atom. The van der Waals surface area contributed by atoms with Crippen LogP contribution in [-0.4, -0.2) is 5.91 Å². The molecule has 0 radical (unpaired) electrons. The van der Waals surface area contributed by atoms with Crippen LogP contribution in [0.2, 0.25) is 0 Å². The number of carbonyl (C=O) groups excluding carboxylic acids is 1. The van der Waals surface area contributed by atoms with Crippen molar-refractivity contribution >= 4 is 44.1 Å². The van der Waals surface area contributed by atoms with Gasteiger partial charge in [0.05, 0.1) is 6.54 Å². The molecular formula is C14H10BrNO2S. The van der Waals surface area contributed by atoms with Crippen molar-refractivity contribution in [3.63, 3.8) is 0 Å². The summed E-state index contributed by atoms with van der Waals surface area (Å²) in [7, 11) is 0. The Morgan fingerprint density at radius 1 is 1.32 bits per heavy atom. The Balaban J connectivity index is 1.73. The number of thiophene rings is 1. The molecule has 0 aliphatic carbocycles. The molecule has 2 heterocycles. The summed E-state index contributed by atoms with van der Waals surface area (Å²) in [5, 5.41) is 5.77. The van der Waals surface area contributed by atoms with E-state index in [-0.39, 0.29) is 5.91 Å². The van der Waals surface area contributed by atoms with Gasteiger partial charge in [0.15, 0.2) is 5.76 Å². The van der Waals surface area contributed by atoms with Crippen LogP contribution in [0.15, 0.2) is 50.7 Å². The normalized spacial score (nSPS) is 10.8. The second kappa shape index (κ2) is 5.19. The Morgan fingerprint density at radius 2 is 2.16 bits per heavy atom. The first kappa shape index (κ1) is 12.4. The molecule has 96 valence electrons. The molecular weight excluding hydrogens is 326 g/mol. The van der Waals surface area contributed by atoms with Crippen LogP contribution in [0, 0.1) is 0 Å². The Labute approximate surface area is 122 Å². The number of nitrogens with one attached hydrogen (secondary N) is 1. The van der Waals surface area contributed by atoms with Crippen LogP contribution in [0.3, 0.4) is 0 Å². The van der Waals surface area contributed by atoms with Gasteiger partial charge in [-0.2, -0.15) is 0 Å². The van der Waals surface area contributed by atoms with Gasteiger partial charge in [0.2, 0.25) is 0 Å².